The van der Waals surface area contributed by atoms with Crippen LogP contribution in [0.1, 0.15) is 46.3 Å². The van der Waals surface area contributed by atoms with Gasteiger partial charge in [-0.05, 0) is 67.6 Å². The quantitative estimate of drug-likeness (QED) is 0.534. The molecule has 1 N–H and O–H groups in total. The molecule has 156 valence electrons. The number of thiophene rings is 1. The van der Waals surface area contributed by atoms with E-state index in [-0.39, 0.29) is 12.1 Å². The van der Waals surface area contributed by atoms with Gasteiger partial charge in [-0.25, -0.2) is 4.79 Å². The third-order valence-electron chi connectivity index (χ3n) is 5.66. The molecule has 0 bridgehead atoms. The average Bonchev–Trinajstić information content (AvgIpc) is 3.10. The summed E-state index contributed by atoms with van der Waals surface area (Å²) in [5.74, 6) is 0.807. The second-order valence-corrected chi connectivity index (χ2v) is 8.73. The zero-order chi connectivity index (χ0) is 21.1. The number of rotatable bonds is 5. The van der Waals surface area contributed by atoms with E-state index in [4.69, 9.17) is 4.74 Å². The number of urea groups is 1. The zero-order valence-corrected chi connectivity index (χ0v) is 18.6. The first-order chi connectivity index (χ1) is 14.6. The van der Waals surface area contributed by atoms with E-state index in [9.17, 15) is 4.79 Å². The molecule has 0 aliphatic carbocycles. The molecule has 1 aromatic heterocycles. The minimum absolute atomic E-state index is 0.0540. The SMILES string of the molecule is CCOc1ccc(NC(=O)N2CCc3c(sc(C)c3CC)C2c2ccccc2)cc1. The van der Waals surface area contributed by atoms with Crippen LogP contribution in [0.15, 0.2) is 54.6 Å². The largest absolute Gasteiger partial charge is 0.494 e. The molecule has 0 spiro atoms. The summed E-state index contributed by atoms with van der Waals surface area (Å²) in [5.41, 5.74) is 4.84. The molecule has 4 nitrogen and oxygen atoms in total. The molecular formula is C25H28N2O2S. The number of anilines is 1. The van der Waals surface area contributed by atoms with Crippen molar-refractivity contribution >= 4 is 23.1 Å². The first-order valence-electron chi connectivity index (χ1n) is 10.6. The van der Waals surface area contributed by atoms with E-state index in [1.165, 1.54) is 20.9 Å². The number of hydrogen-bond donors (Lipinski definition) is 1. The molecule has 2 aromatic carbocycles. The molecule has 0 saturated heterocycles. The van der Waals surface area contributed by atoms with E-state index in [0.29, 0.717) is 13.2 Å². The number of nitrogens with one attached hydrogen (secondary N) is 1. The maximum Gasteiger partial charge on any atom is 0.322 e. The van der Waals surface area contributed by atoms with Gasteiger partial charge in [0.25, 0.3) is 0 Å². The molecule has 5 heteroatoms. The van der Waals surface area contributed by atoms with Crippen LogP contribution in [0.25, 0.3) is 0 Å². The molecule has 0 radical (unpaired) electrons. The first-order valence-corrected chi connectivity index (χ1v) is 11.4. The second kappa shape index (κ2) is 8.92. The molecule has 1 aliphatic heterocycles. The minimum atomic E-state index is -0.0669. The van der Waals surface area contributed by atoms with E-state index in [2.05, 4.69) is 31.3 Å². The average molecular weight is 421 g/mol. The van der Waals surface area contributed by atoms with Crippen molar-refractivity contribution in [1.29, 1.82) is 0 Å². The highest BCUT2D eigenvalue weighted by atomic mass is 32.1. The molecule has 3 aromatic rings. The molecule has 4 rings (SSSR count). The zero-order valence-electron chi connectivity index (χ0n) is 17.8. The van der Waals surface area contributed by atoms with Crippen LogP contribution < -0.4 is 10.1 Å². The number of benzene rings is 2. The summed E-state index contributed by atoms with van der Waals surface area (Å²) in [6, 6.07) is 17.8. The van der Waals surface area contributed by atoms with Gasteiger partial charge in [0.05, 0.1) is 12.6 Å². The highest BCUT2D eigenvalue weighted by Gasteiger charge is 2.35. The van der Waals surface area contributed by atoms with Crippen molar-refractivity contribution in [3.8, 4) is 5.75 Å². The molecular weight excluding hydrogens is 392 g/mol. The predicted molar refractivity (Wildman–Crippen MR) is 124 cm³/mol. The Bertz CT molecular complexity index is 1010. The van der Waals surface area contributed by atoms with Gasteiger partial charge in [-0.3, -0.25) is 0 Å². The Kier molecular flexibility index (Phi) is 6.09. The number of nitrogens with zero attached hydrogens (tertiary/aromatic N) is 1. The number of hydrogen-bond acceptors (Lipinski definition) is 3. The first kappa shape index (κ1) is 20.5. The molecule has 0 fully saturated rings. The van der Waals surface area contributed by atoms with Gasteiger partial charge < -0.3 is 15.0 Å². The van der Waals surface area contributed by atoms with Crippen LogP contribution in [0.2, 0.25) is 0 Å². The Hall–Kier alpha value is -2.79. The predicted octanol–water partition coefficient (Wildman–Crippen LogP) is 6.20. The summed E-state index contributed by atoms with van der Waals surface area (Å²) < 4.78 is 5.50. The standard InChI is InChI=1S/C25H28N2O2S/c1-4-21-17(3)30-24-22(21)15-16-27(23(24)18-9-7-6-8-10-18)25(28)26-19-11-13-20(14-12-19)29-5-2/h6-14,23H,4-5,15-16H2,1-3H3,(H,26,28). The van der Waals surface area contributed by atoms with Gasteiger partial charge in [0.15, 0.2) is 0 Å². The lowest BCUT2D eigenvalue weighted by Gasteiger charge is -2.36. The fraction of sp³-hybridized carbons (Fsp3) is 0.320. The second-order valence-electron chi connectivity index (χ2n) is 7.48. The number of ether oxygens (including phenoxy) is 1. The summed E-state index contributed by atoms with van der Waals surface area (Å²) >= 11 is 1.84. The monoisotopic (exact) mass is 420 g/mol. The highest BCUT2D eigenvalue weighted by Crippen LogP contribution is 2.43. The van der Waals surface area contributed by atoms with Crippen molar-refractivity contribution in [3.05, 3.63) is 81.0 Å². The third kappa shape index (κ3) is 3.94. The van der Waals surface area contributed by atoms with Crippen molar-refractivity contribution in [3.63, 3.8) is 0 Å². The topological polar surface area (TPSA) is 41.6 Å². The molecule has 1 aliphatic rings. The number of carbonyl (C=O) groups excluding carboxylic acids is 1. The van der Waals surface area contributed by atoms with Crippen molar-refractivity contribution in [2.45, 2.75) is 39.7 Å². The van der Waals surface area contributed by atoms with Crippen LogP contribution in [-0.2, 0) is 12.8 Å². The van der Waals surface area contributed by atoms with E-state index in [0.717, 1.165) is 29.8 Å². The fourth-order valence-corrected chi connectivity index (χ4v) is 5.74. The number of carbonyl (C=O) groups is 1. The molecule has 1 unspecified atom stereocenters. The van der Waals surface area contributed by atoms with Crippen molar-refractivity contribution in [2.75, 3.05) is 18.5 Å². The maximum atomic E-state index is 13.3. The van der Waals surface area contributed by atoms with E-state index in [1.54, 1.807) is 0 Å². The Morgan fingerprint density at radius 1 is 1.13 bits per heavy atom. The van der Waals surface area contributed by atoms with Crippen LogP contribution in [0.4, 0.5) is 10.5 Å². The lowest BCUT2D eigenvalue weighted by atomic mass is 9.92. The Balaban J connectivity index is 1.65. The summed E-state index contributed by atoms with van der Waals surface area (Å²) in [7, 11) is 0. The summed E-state index contributed by atoms with van der Waals surface area (Å²) in [5, 5.41) is 3.08. The summed E-state index contributed by atoms with van der Waals surface area (Å²) in [6.45, 7) is 7.71. The van der Waals surface area contributed by atoms with Crippen molar-refractivity contribution in [2.24, 2.45) is 0 Å². The van der Waals surface area contributed by atoms with Gasteiger partial charge >= 0.3 is 6.03 Å². The highest BCUT2D eigenvalue weighted by molar-refractivity contribution is 7.12. The van der Waals surface area contributed by atoms with Gasteiger partial charge in [0, 0.05) is 22.0 Å². The summed E-state index contributed by atoms with van der Waals surface area (Å²) in [4.78, 5) is 18.0. The van der Waals surface area contributed by atoms with E-state index in [1.807, 2.05) is 65.6 Å². The van der Waals surface area contributed by atoms with Crippen molar-refractivity contribution < 1.29 is 9.53 Å². The summed E-state index contributed by atoms with van der Waals surface area (Å²) in [6.07, 6.45) is 1.94. The Morgan fingerprint density at radius 2 is 1.87 bits per heavy atom. The Morgan fingerprint density at radius 3 is 2.53 bits per heavy atom. The number of amides is 2. The molecule has 2 amide bonds. The smallest absolute Gasteiger partial charge is 0.322 e. The van der Waals surface area contributed by atoms with Crippen LogP contribution in [0.5, 0.6) is 5.75 Å². The van der Waals surface area contributed by atoms with Crippen LogP contribution >= 0.6 is 11.3 Å². The molecule has 0 saturated carbocycles. The van der Waals surface area contributed by atoms with E-state index < -0.39 is 0 Å². The van der Waals surface area contributed by atoms with E-state index >= 15 is 0 Å². The molecule has 30 heavy (non-hydrogen) atoms. The lowest BCUT2D eigenvalue weighted by Crippen LogP contribution is -2.42. The van der Waals surface area contributed by atoms with Crippen molar-refractivity contribution in [1.82, 2.24) is 4.90 Å². The number of fused-ring (bicyclic) bond motifs is 1. The third-order valence-corrected chi connectivity index (χ3v) is 6.90. The fourth-order valence-electron chi connectivity index (χ4n) is 4.29. The number of aryl methyl sites for hydroxylation is 1. The van der Waals surface area contributed by atoms with Crippen LogP contribution in [0, 0.1) is 6.92 Å². The lowest BCUT2D eigenvalue weighted by molar-refractivity contribution is 0.195. The van der Waals surface area contributed by atoms with Gasteiger partial charge in [-0.1, -0.05) is 37.3 Å². The van der Waals surface area contributed by atoms with Crippen LogP contribution in [0.3, 0.4) is 0 Å². The van der Waals surface area contributed by atoms with Gasteiger partial charge in [-0.15, -0.1) is 11.3 Å². The van der Waals surface area contributed by atoms with Gasteiger partial charge in [-0.2, -0.15) is 0 Å². The van der Waals surface area contributed by atoms with Crippen LogP contribution in [-0.4, -0.2) is 24.1 Å². The normalized spacial score (nSPS) is 15.6. The Labute approximate surface area is 182 Å². The molecule has 1 atom stereocenters. The molecule has 2 heterocycles. The van der Waals surface area contributed by atoms with Gasteiger partial charge in [0.1, 0.15) is 5.75 Å². The minimum Gasteiger partial charge on any atom is -0.494 e. The maximum absolute atomic E-state index is 13.3. The van der Waals surface area contributed by atoms with Gasteiger partial charge in [0.2, 0.25) is 0 Å².